The maximum absolute atomic E-state index is 11.1. The number of allylic oxidation sites excluding steroid dienone is 2. The number of carbonyl (C=O) groups excluding carboxylic acids is 2. The number of amides is 1. The molecule has 1 aliphatic heterocycles. The molecule has 0 atom stereocenters. The van der Waals surface area contributed by atoms with Crippen LogP contribution in [0.15, 0.2) is 11.8 Å². The summed E-state index contributed by atoms with van der Waals surface area (Å²) in [5.74, 6) is 0.320. The van der Waals surface area contributed by atoms with Crippen LogP contribution < -0.4 is 5.32 Å². The van der Waals surface area contributed by atoms with Gasteiger partial charge in [-0.3, -0.25) is 9.59 Å². The molecule has 76 valence electrons. The number of nitrogens with one attached hydrogen (secondary N) is 1. The van der Waals surface area contributed by atoms with Crippen LogP contribution >= 0.6 is 0 Å². The number of rotatable bonds is 1. The summed E-state index contributed by atoms with van der Waals surface area (Å²) in [6, 6.07) is 0. The lowest BCUT2D eigenvalue weighted by Gasteiger charge is -2.22. The van der Waals surface area contributed by atoms with E-state index in [1.54, 1.807) is 6.08 Å². The maximum atomic E-state index is 11.1. The van der Waals surface area contributed by atoms with Gasteiger partial charge in [0.05, 0.1) is 0 Å². The zero-order valence-electron chi connectivity index (χ0n) is 8.08. The van der Waals surface area contributed by atoms with Gasteiger partial charge in [-0.25, -0.2) is 0 Å². The first-order valence-corrected chi connectivity index (χ1v) is 5.01. The van der Waals surface area contributed by atoms with E-state index in [9.17, 15) is 9.59 Å². The molecule has 0 aromatic rings. The summed E-state index contributed by atoms with van der Waals surface area (Å²) in [5, 5.41) is 2.82. The third-order valence-electron chi connectivity index (χ3n) is 2.67. The topological polar surface area (TPSA) is 49.4 Å². The minimum absolute atomic E-state index is 0.109. The molecule has 2 aliphatic rings. The Kier molecular flexibility index (Phi) is 2.52. The summed E-state index contributed by atoms with van der Waals surface area (Å²) in [6.45, 7) is 2.25. The Bertz CT molecular complexity index is 296. The van der Waals surface area contributed by atoms with Crippen molar-refractivity contribution in [3.63, 3.8) is 0 Å². The molecule has 1 fully saturated rings. The minimum Gasteiger partial charge on any atom is -0.372 e. The average Bonchev–Trinajstić information content (AvgIpc) is 2.46. The summed E-state index contributed by atoms with van der Waals surface area (Å²) in [6.07, 6.45) is 3.72. The molecule has 0 radical (unpaired) electrons. The number of carbonyl (C=O) groups is 2. The van der Waals surface area contributed by atoms with Gasteiger partial charge >= 0.3 is 0 Å². The minimum atomic E-state index is 0.109. The van der Waals surface area contributed by atoms with Gasteiger partial charge in [0.1, 0.15) is 0 Å². The molecule has 4 nitrogen and oxygen atoms in total. The lowest BCUT2D eigenvalue weighted by molar-refractivity contribution is -0.120. The molecule has 0 saturated carbocycles. The van der Waals surface area contributed by atoms with Crippen molar-refractivity contribution >= 4 is 11.7 Å². The fourth-order valence-corrected chi connectivity index (χ4v) is 1.89. The molecule has 0 bridgehead atoms. The maximum Gasteiger partial charge on any atom is 0.221 e. The summed E-state index contributed by atoms with van der Waals surface area (Å²) in [7, 11) is 0. The van der Waals surface area contributed by atoms with Crippen molar-refractivity contribution in [2.75, 3.05) is 19.6 Å². The van der Waals surface area contributed by atoms with Gasteiger partial charge in [0.2, 0.25) is 5.91 Å². The standard InChI is InChI=1S/C10H14N2O2/c13-9-2-1-8(7-9)12-5-3-10(14)11-4-6-12/h7H,1-6H2,(H,11,14). The van der Waals surface area contributed by atoms with Crippen LogP contribution in [0.3, 0.4) is 0 Å². The van der Waals surface area contributed by atoms with E-state index in [0.29, 0.717) is 19.4 Å². The first-order valence-electron chi connectivity index (χ1n) is 5.01. The van der Waals surface area contributed by atoms with Crippen molar-refractivity contribution in [2.45, 2.75) is 19.3 Å². The molecule has 14 heavy (non-hydrogen) atoms. The van der Waals surface area contributed by atoms with Gasteiger partial charge in [-0.05, 0) is 6.42 Å². The van der Waals surface area contributed by atoms with Crippen LogP contribution in [0.5, 0.6) is 0 Å². The fraction of sp³-hybridized carbons (Fsp3) is 0.600. The number of ketones is 1. The highest BCUT2D eigenvalue weighted by Gasteiger charge is 2.20. The third kappa shape index (κ3) is 1.95. The van der Waals surface area contributed by atoms with Crippen LogP contribution in [0.4, 0.5) is 0 Å². The van der Waals surface area contributed by atoms with Crippen LogP contribution in [0.2, 0.25) is 0 Å². The molecule has 1 aliphatic carbocycles. The van der Waals surface area contributed by atoms with Crippen LogP contribution in [-0.4, -0.2) is 36.2 Å². The van der Waals surface area contributed by atoms with Gasteiger partial charge in [0.15, 0.2) is 5.78 Å². The molecular weight excluding hydrogens is 180 g/mol. The Balaban J connectivity index is 2.00. The lowest BCUT2D eigenvalue weighted by atomic mass is 10.3. The van der Waals surface area contributed by atoms with Crippen molar-refractivity contribution in [1.29, 1.82) is 0 Å². The predicted molar refractivity (Wildman–Crippen MR) is 51.5 cm³/mol. The molecule has 1 saturated heterocycles. The van der Waals surface area contributed by atoms with Gasteiger partial charge in [-0.15, -0.1) is 0 Å². The fourth-order valence-electron chi connectivity index (χ4n) is 1.89. The number of nitrogens with zero attached hydrogens (tertiary/aromatic N) is 1. The Morgan fingerprint density at radius 3 is 2.71 bits per heavy atom. The number of hydrogen-bond acceptors (Lipinski definition) is 3. The molecule has 4 heteroatoms. The molecular formula is C10H14N2O2. The molecule has 1 amide bonds. The summed E-state index contributed by atoms with van der Waals surface area (Å²) in [4.78, 5) is 24.3. The van der Waals surface area contributed by atoms with E-state index in [1.165, 1.54) is 0 Å². The van der Waals surface area contributed by atoms with Crippen LogP contribution in [-0.2, 0) is 9.59 Å². The lowest BCUT2D eigenvalue weighted by Crippen LogP contribution is -2.27. The highest BCUT2D eigenvalue weighted by atomic mass is 16.1. The average molecular weight is 194 g/mol. The second-order valence-electron chi connectivity index (χ2n) is 3.69. The van der Waals surface area contributed by atoms with Gasteiger partial charge in [0, 0.05) is 44.2 Å². The van der Waals surface area contributed by atoms with Crippen molar-refractivity contribution in [2.24, 2.45) is 0 Å². The summed E-state index contributed by atoms with van der Waals surface area (Å²) < 4.78 is 0. The van der Waals surface area contributed by atoms with E-state index in [0.717, 1.165) is 25.2 Å². The van der Waals surface area contributed by atoms with Crippen LogP contribution in [0.25, 0.3) is 0 Å². The van der Waals surface area contributed by atoms with Crippen molar-refractivity contribution in [3.8, 4) is 0 Å². The zero-order valence-corrected chi connectivity index (χ0v) is 8.08. The highest BCUT2D eigenvalue weighted by Crippen LogP contribution is 2.19. The van der Waals surface area contributed by atoms with Crippen molar-refractivity contribution < 1.29 is 9.59 Å². The molecule has 0 spiro atoms. The smallest absolute Gasteiger partial charge is 0.221 e. The first-order chi connectivity index (χ1) is 6.75. The van der Waals surface area contributed by atoms with Gasteiger partial charge in [-0.2, -0.15) is 0 Å². The molecule has 0 aromatic carbocycles. The Hall–Kier alpha value is -1.32. The number of hydrogen-bond donors (Lipinski definition) is 1. The molecule has 0 aromatic heterocycles. The van der Waals surface area contributed by atoms with E-state index in [-0.39, 0.29) is 11.7 Å². The Morgan fingerprint density at radius 2 is 2.00 bits per heavy atom. The van der Waals surface area contributed by atoms with Gasteiger partial charge in [-0.1, -0.05) is 0 Å². The molecule has 1 N–H and O–H groups in total. The molecule has 2 rings (SSSR count). The molecule has 0 unspecified atom stereocenters. The Morgan fingerprint density at radius 1 is 1.14 bits per heavy atom. The van der Waals surface area contributed by atoms with E-state index < -0.39 is 0 Å². The van der Waals surface area contributed by atoms with E-state index in [4.69, 9.17) is 0 Å². The highest BCUT2D eigenvalue weighted by molar-refractivity contribution is 5.92. The second-order valence-corrected chi connectivity index (χ2v) is 3.69. The zero-order chi connectivity index (χ0) is 9.97. The van der Waals surface area contributed by atoms with Gasteiger partial charge < -0.3 is 10.2 Å². The quantitative estimate of drug-likeness (QED) is 0.642. The second kappa shape index (κ2) is 3.82. The first kappa shape index (κ1) is 9.24. The monoisotopic (exact) mass is 194 g/mol. The molecule has 1 heterocycles. The third-order valence-corrected chi connectivity index (χ3v) is 2.67. The van der Waals surface area contributed by atoms with Crippen LogP contribution in [0, 0.1) is 0 Å². The Labute approximate surface area is 83.0 Å². The van der Waals surface area contributed by atoms with Crippen molar-refractivity contribution in [3.05, 3.63) is 11.8 Å². The van der Waals surface area contributed by atoms with Crippen LogP contribution in [0.1, 0.15) is 19.3 Å². The summed E-state index contributed by atoms with van der Waals surface area (Å²) >= 11 is 0. The van der Waals surface area contributed by atoms with E-state index in [1.807, 2.05) is 0 Å². The normalized spacial score (nSPS) is 23.1. The van der Waals surface area contributed by atoms with Gasteiger partial charge in [0.25, 0.3) is 0 Å². The van der Waals surface area contributed by atoms with Crippen molar-refractivity contribution in [1.82, 2.24) is 10.2 Å². The SMILES string of the molecule is O=C1C=C(N2CCNC(=O)CC2)CC1. The largest absolute Gasteiger partial charge is 0.372 e. The van der Waals surface area contributed by atoms with E-state index in [2.05, 4.69) is 10.2 Å². The predicted octanol–water partition coefficient (Wildman–Crippen LogP) is 0.0551. The summed E-state index contributed by atoms with van der Waals surface area (Å²) in [5.41, 5.74) is 1.10. The van der Waals surface area contributed by atoms with E-state index >= 15 is 0 Å².